The lowest BCUT2D eigenvalue weighted by Crippen LogP contribution is -2.02. The van der Waals surface area contributed by atoms with E-state index in [1.807, 2.05) is 48.7 Å². The molecule has 210 valence electrons. The zero-order valence-corrected chi connectivity index (χ0v) is 24.2. The Kier molecular flexibility index (Phi) is 5.74. The normalized spacial score (nSPS) is 11.6. The number of pyridine rings is 1. The summed E-state index contributed by atoms with van der Waals surface area (Å²) in [7, 11) is 0. The topological polar surface area (TPSA) is 56.5 Å². The number of para-hydroxylation sites is 1. The molecule has 5 heteroatoms. The Bertz CT molecular complexity index is 2530. The first-order valence-electron chi connectivity index (χ1n) is 15.0. The summed E-state index contributed by atoms with van der Waals surface area (Å²) in [6.07, 6.45) is 1.87. The molecule has 0 aliphatic carbocycles. The maximum absolute atomic E-state index is 5.01. The van der Waals surface area contributed by atoms with Gasteiger partial charge in [-0.15, -0.1) is 0 Å². The highest BCUT2D eigenvalue weighted by Crippen LogP contribution is 2.37. The molecule has 0 aliphatic rings. The van der Waals surface area contributed by atoms with Crippen LogP contribution in [0, 0.1) is 0 Å². The van der Waals surface area contributed by atoms with Crippen molar-refractivity contribution in [3.63, 3.8) is 0 Å². The molecule has 0 unspecified atom stereocenters. The molecule has 9 aromatic rings. The summed E-state index contributed by atoms with van der Waals surface area (Å²) in [4.78, 5) is 19.9. The Balaban J connectivity index is 1.22. The predicted molar refractivity (Wildman–Crippen MR) is 183 cm³/mol. The van der Waals surface area contributed by atoms with Gasteiger partial charge in [0.1, 0.15) is 5.82 Å². The van der Waals surface area contributed by atoms with Gasteiger partial charge in [0.05, 0.1) is 11.0 Å². The number of fused-ring (bicyclic) bond motifs is 6. The van der Waals surface area contributed by atoms with Gasteiger partial charge in [0.2, 0.25) is 0 Å². The van der Waals surface area contributed by atoms with Gasteiger partial charge in [-0.05, 0) is 45.8 Å². The minimum absolute atomic E-state index is 0.582. The minimum atomic E-state index is 0.582. The summed E-state index contributed by atoms with van der Waals surface area (Å²) < 4.78 is 2.24. The maximum atomic E-state index is 5.01. The molecule has 45 heavy (non-hydrogen) atoms. The van der Waals surface area contributed by atoms with Crippen LogP contribution < -0.4 is 0 Å². The van der Waals surface area contributed by atoms with Crippen molar-refractivity contribution in [1.29, 1.82) is 0 Å². The van der Waals surface area contributed by atoms with Crippen molar-refractivity contribution < 1.29 is 0 Å². The van der Waals surface area contributed by atoms with Crippen molar-refractivity contribution in [1.82, 2.24) is 24.5 Å². The van der Waals surface area contributed by atoms with Crippen LogP contribution >= 0.6 is 0 Å². The molecule has 0 aliphatic heterocycles. The molecule has 3 heterocycles. The van der Waals surface area contributed by atoms with E-state index in [0.29, 0.717) is 17.5 Å². The van der Waals surface area contributed by atoms with E-state index in [9.17, 15) is 0 Å². The number of hydrogen-bond acceptors (Lipinski definition) is 4. The SMILES string of the molecule is c1ccc(-c2nc(-c3ccc(-n4c5ccccc5c5c6ccccc6ccc54)nc3)nc(-c3cccc4ccccc34)n2)cc1. The van der Waals surface area contributed by atoms with Crippen LogP contribution in [-0.4, -0.2) is 24.5 Å². The van der Waals surface area contributed by atoms with E-state index in [-0.39, 0.29) is 0 Å². The molecule has 0 amide bonds. The molecule has 3 aromatic heterocycles. The molecular weight excluding hydrogens is 550 g/mol. The van der Waals surface area contributed by atoms with Crippen LogP contribution in [0.15, 0.2) is 152 Å². The van der Waals surface area contributed by atoms with Crippen molar-refractivity contribution >= 4 is 43.4 Å². The Labute approximate surface area is 259 Å². The summed E-state index contributed by atoms with van der Waals surface area (Å²) in [5.74, 6) is 2.68. The second-order valence-corrected chi connectivity index (χ2v) is 11.1. The fourth-order valence-corrected chi connectivity index (χ4v) is 6.40. The van der Waals surface area contributed by atoms with E-state index in [1.54, 1.807) is 0 Å². The van der Waals surface area contributed by atoms with Crippen LogP contribution in [0.3, 0.4) is 0 Å². The van der Waals surface area contributed by atoms with Gasteiger partial charge in [-0.25, -0.2) is 19.9 Å². The lowest BCUT2D eigenvalue weighted by Gasteiger charge is -2.11. The van der Waals surface area contributed by atoms with Gasteiger partial charge in [-0.3, -0.25) is 4.57 Å². The first kappa shape index (κ1) is 25.3. The summed E-state index contributed by atoms with van der Waals surface area (Å²) in [5, 5.41) is 7.15. The van der Waals surface area contributed by atoms with E-state index in [1.165, 1.54) is 21.5 Å². The summed E-state index contributed by atoms with van der Waals surface area (Å²) in [6.45, 7) is 0. The van der Waals surface area contributed by atoms with E-state index in [4.69, 9.17) is 19.9 Å². The van der Waals surface area contributed by atoms with Crippen LogP contribution in [0.25, 0.3) is 83.3 Å². The van der Waals surface area contributed by atoms with E-state index in [2.05, 4.69) is 108 Å². The highest BCUT2D eigenvalue weighted by molar-refractivity contribution is 6.21. The van der Waals surface area contributed by atoms with Crippen molar-refractivity contribution in [2.24, 2.45) is 0 Å². The zero-order chi connectivity index (χ0) is 29.7. The van der Waals surface area contributed by atoms with Crippen LogP contribution in [0.1, 0.15) is 0 Å². The molecule has 0 radical (unpaired) electrons. The third-order valence-corrected chi connectivity index (χ3v) is 8.50. The molecule has 0 bridgehead atoms. The average molecular weight is 576 g/mol. The van der Waals surface area contributed by atoms with Crippen LogP contribution in [0.5, 0.6) is 0 Å². The van der Waals surface area contributed by atoms with Crippen molar-refractivity contribution in [2.75, 3.05) is 0 Å². The standard InChI is InChI=1S/C40H25N5/c1-2-13-28(14-3-1)38-42-39(44-40(43-38)32-19-10-15-26-11-4-6-16-30(26)32)29-22-24-36(41-25-29)45-34-20-9-8-18-33(34)37-31-17-7-5-12-27(31)21-23-35(37)45/h1-25H. The van der Waals surface area contributed by atoms with Crippen LogP contribution in [-0.2, 0) is 0 Å². The first-order valence-corrected chi connectivity index (χ1v) is 15.0. The molecule has 5 nitrogen and oxygen atoms in total. The minimum Gasteiger partial charge on any atom is -0.294 e. The molecule has 0 atom stereocenters. The zero-order valence-electron chi connectivity index (χ0n) is 24.2. The van der Waals surface area contributed by atoms with Crippen molar-refractivity contribution in [2.45, 2.75) is 0 Å². The molecule has 0 spiro atoms. The van der Waals surface area contributed by atoms with E-state index in [0.717, 1.165) is 44.3 Å². The molecule has 0 saturated carbocycles. The second kappa shape index (κ2) is 10.2. The summed E-state index contributed by atoms with van der Waals surface area (Å²) >= 11 is 0. The molecular formula is C40H25N5. The highest BCUT2D eigenvalue weighted by Gasteiger charge is 2.17. The number of rotatable bonds is 4. The Hall–Kier alpha value is -6.20. The summed E-state index contributed by atoms with van der Waals surface area (Å²) in [6, 6.07) is 50.2. The van der Waals surface area contributed by atoms with Crippen LogP contribution in [0.2, 0.25) is 0 Å². The average Bonchev–Trinajstić information content (AvgIpc) is 3.46. The molecule has 0 N–H and O–H groups in total. The lowest BCUT2D eigenvalue weighted by atomic mass is 10.0. The first-order chi connectivity index (χ1) is 22.3. The number of nitrogens with zero attached hydrogens (tertiary/aromatic N) is 5. The van der Waals surface area contributed by atoms with Gasteiger partial charge in [0, 0.05) is 33.7 Å². The molecule has 0 fully saturated rings. The van der Waals surface area contributed by atoms with Gasteiger partial charge < -0.3 is 0 Å². The predicted octanol–water partition coefficient (Wildman–Crippen LogP) is 9.67. The van der Waals surface area contributed by atoms with Gasteiger partial charge in [0.15, 0.2) is 17.5 Å². The second-order valence-electron chi connectivity index (χ2n) is 11.1. The van der Waals surface area contributed by atoms with Crippen LogP contribution in [0.4, 0.5) is 0 Å². The monoisotopic (exact) mass is 575 g/mol. The fourth-order valence-electron chi connectivity index (χ4n) is 6.40. The smallest absolute Gasteiger partial charge is 0.165 e. The fraction of sp³-hybridized carbons (Fsp3) is 0. The van der Waals surface area contributed by atoms with Crippen molar-refractivity contribution in [3.05, 3.63) is 152 Å². The quantitative estimate of drug-likeness (QED) is 0.210. The van der Waals surface area contributed by atoms with E-state index < -0.39 is 0 Å². The van der Waals surface area contributed by atoms with Crippen molar-refractivity contribution in [3.8, 4) is 40.0 Å². The maximum Gasteiger partial charge on any atom is 0.165 e. The van der Waals surface area contributed by atoms with Gasteiger partial charge in [-0.2, -0.15) is 0 Å². The Morgan fingerprint density at radius 3 is 1.84 bits per heavy atom. The number of hydrogen-bond donors (Lipinski definition) is 0. The lowest BCUT2D eigenvalue weighted by molar-refractivity contribution is 1.05. The Morgan fingerprint density at radius 2 is 1.04 bits per heavy atom. The molecule has 0 saturated heterocycles. The summed E-state index contributed by atoms with van der Waals surface area (Å²) in [5.41, 5.74) is 4.97. The third-order valence-electron chi connectivity index (χ3n) is 8.50. The number of benzene rings is 6. The highest BCUT2D eigenvalue weighted by atomic mass is 15.1. The van der Waals surface area contributed by atoms with Gasteiger partial charge >= 0.3 is 0 Å². The Morgan fingerprint density at radius 1 is 0.400 bits per heavy atom. The van der Waals surface area contributed by atoms with Gasteiger partial charge in [-0.1, -0.05) is 121 Å². The largest absolute Gasteiger partial charge is 0.294 e. The molecule has 9 rings (SSSR count). The molecule has 6 aromatic carbocycles. The van der Waals surface area contributed by atoms with Gasteiger partial charge in [0.25, 0.3) is 0 Å². The van der Waals surface area contributed by atoms with E-state index >= 15 is 0 Å². The number of aromatic nitrogens is 5. The third kappa shape index (κ3) is 4.17.